The average molecular weight is 282 g/mol. The molecule has 0 amide bonds. The number of benzene rings is 1. The van der Waals surface area contributed by atoms with Gasteiger partial charge in [-0.25, -0.2) is 0 Å². The number of nitrogens with one attached hydrogen (secondary N) is 1. The van der Waals surface area contributed by atoms with E-state index >= 15 is 0 Å². The Hall–Kier alpha value is -1.87. The van der Waals surface area contributed by atoms with Crippen molar-refractivity contribution in [1.82, 2.24) is 10.3 Å². The number of hydrogen-bond donors (Lipinski definition) is 1. The van der Waals surface area contributed by atoms with Crippen LogP contribution in [-0.2, 0) is 13.0 Å². The van der Waals surface area contributed by atoms with E-state index in [1.54, 1.807) is 0 Å². The largest absolute Gasteiger partial charge is 0.487 e. The molecule has 1 aromatic carbocycles. The third-order valence-corrected chi connectivity index (χ3v) is 3.77. The van der Waals surface area contributed by atoms with Crippen LogP contribution in [0, 0.1) is 0 Å². The Balaban J connectivity index is 1.88. The molecule has 21 heavy (non-hydrogen) atoms. The van der Waals surface area contributed by atoms with Crippen LogP contribution in [0.5, 0.6) is 5.75 Å². The highest BCUT2D eigenvalue weighted by Crippen LogP contribution is 2.37. The van der Waals surface area contributed by atoms with Gasteiger partial charge >= 0.3 is 0 Å². The first-order valence-electron chi connectivity index (χ1n) is 7.54. The van der Waals surface area contributed by atoms with Crippen LogP contribution in [0.25, 0.3) is 11.1 Å². The van der Waals surface area contributed by atoms with Gasteiger partial charge in [-0.2, -0.15) is 0 Å². The first-order chi connectivity index (χ1) is 10.1. The predicted molar refractivity (Wildman–Crippen MR) is 85.5 cm³/mol. The van der Waals surface area contributed by atoms with Gasteiger partial charge in [-0.3, -0.25) is 4.98 Å². The second-order valence-corrected chi connectivity index (χ2v) is 6.22. The molecule has 0 atom stereocenters. The summed E-state index contributed by atoms with van der Waals surface area (Å²) in [7, 11) is 0. The Morgan fingerprint density at radius 3 is 2.86 bits per heavy atom. The number of pyridine rings is 1. The highest BCUT2D eigenvalue weighted by molar-refractivity contribution is 5.66. The number of nitrogens with zero attached hydrogens (tertiary/aromatic N) is 1. The quantitative estimate of drug-likeness (QED) is 0.931. The topological polar surface area (TPSA) is 34.2 Å². The van der Waals surface area contributed by atoms with Crippen molar-refractivity contribution >= 4 is 0 Å². The minimum absolute atomic E-state index is 0.0912. The fourth-order valence-electron chi connectivity index (χ4n) is 2.80. The maximum atomic E-state index is 5.94. The average Bonchev–Trinajstić information content (AvgIpc) is 2.78. The Morgan fingerprint density at radius 1 is 1.19 bits per heavy atom. The Labute approximate surface area is 126 Å². The van der Waals surface area contributed by atoms with Gasteiger partial charge in [-0.1, -0.05) is 13.0 Å². The molecule has 2 aromatic rings. The molecule has 0 saturated carbocycles. The standard InChI is InChI=1S/C18H22N2O/c1-4-19-10-13-7-16(12-20-11-13)14-5-6-17-15(8-14)9-18(2,3)21-17/h5-8,11-12,19H,4,9-10H2,1-3H3. The summed E-state index contributed by atoms with van der Waals surface area (Å²) in [5.74, 6) is 1.01. The fourth-order valence-corrected chi connectivity index (χ4v) is 2.80. The lowest BCUT2D eigenvalue weighted by atomic mass is 9.98. The van der Waals surface area contributed by atoms with Crippen LogP contribution in [0.1, 0.15) is 31.9 Å². The summed E-state index contributed by atoms with van der Waals surface area (Å²) >= 11 is 0. The van der Waals surface area contributed by atoms with Crippen molar-refractivity contribution in [3.63, 3.8) is 0 Å². The molecule has 0 fully saturated rings. The molecule has 1 aliphatic rings. The van der Waals surface area contributed by atoms with Crippen molar-refractivity contribution in [2.45, 2.75) is 39.3 Å². The molecule has 1 aliphatic heterocycles. The second kappa shape index (κ2) is 5.49. The molecule has 3 heteroatoms. The van der Waals surface area contributed by atoms with Crippen LogP contribution in [0.4, 0.5) is 0 Å². The minimum Gasteiger partial charge on any atom is -0.487 e. The van der Waals surface area contributed by atoms with Crippen molar-refractivity contribution in [2.75, 3.05) is 6.54 Å². The van der Waals surface area contributed by atoms with Gasteiger partial charge in [0.15, 0.2) is 0 Å². The summed E-state index contributed by atoms with van der Waals surface area (Å²) < 4.78 is 5.94. The van der Waals surface area contributed by atoms with Crippen molar-refractivity contribution in [3.8, 4) is 16.9 Å². The van der Waals surface area contributed by atoms with Gasteiger partial charge in [0.2, 0.25) is 0 Å². The van der Waals surface area contributed by atoms with E-state index in [9.17, 15) is 0 Å². The van der Waals surface area contributed by atoms with Gasteiger partial charge in [0.05, 0.1) is 0 Å². The monoisotopic (exact) mass is 282 g/mol. The van der Waals surface area contributed by atoms with Crippen molar-refractivity contribution < 1.29 is 4.74 Å². The molecule has 0 unspecified atom stereocenters. The van der Waals surface area contributed by atoms with Gasteiger partial charge < -0.3 is 10.1 Å². The van der Waals surface area contributed by atoms with Gasteiger partial charge in [0, 0.05) is 30.9 Å². The summed E-state index contributed by atoms with van der Waals surface area (Å²) in [5, 5.41) is 3.34. The lowest BCUT2D eigenvalue weighted by Crippen LogP contribution is -2.24. The first-order valence-corrected chi connectivity index (χ1v) is 7.54. The smallest absolute Gasteiger partial charge is 0.123 e. The third-order valence-electron chi connectivity index (χ3n) is 3.77. The van der Waals surface area contributed by atoms with E-state index in [1.165, 1.54) is 16.7 Å². The molecular formula is C18H22N2O. The van der Waals surface area contributed by atoms with E-state index in [0.717, 1.165) is 30.8 Å². The lowest BCUT2D eigenvalue weighted by molar-refractivity contribution is 0.138. The van der Waals surface area contributed by atoms with E-state index in [1.807, 2.05) is 12.4 Å². The molecule has 0 bridgehead atoms. The van der Waals surface area contributed by atoms with Crippen LogP contribution in [0.15, 0.2) is 36.7 Å². The third kappa shape index (κ3) is 3.08. The maximum Gasteiger partial charge on any atom is 0.123 e. The molecule has 110 valence electrons. The van der Waals surface area contributed by atoms with Crippen LogP contribution in [-0.4, -0.2) is 17.1 Å². The highest BCUT2D eigenvalue weighted by Gasteiger charge is 2.29. The predicted octanol–water partition coefficient (Wildman–Crippen LogP) is 3.57. The fraction of sp³-hybridized carbons (Fsp3) is 0.389. The van der Waals surface area contributed by atoms with Gasteiger partial charge in [-0.15, -0.1) is 0 Å². The number of ether oxygens (including phenoxy) is 1. The summed E-state index contributed by atoms with van der Waals surface area (Å²) in [6.07, 6.45) is 4.81. The molecule has 0 spiro atoms. The number of fused-ring (bicyclic) bond motifs is 1. The maximum absolute atomic E-state index is 5.94. The molecular weight excluding hydrogens is 260 g/mol. The van der Waals surface area contributed by atoms with Crippen LogP contribution < -0.4 is 10.1 Å². The van der Waals surface area contributed by atoms with Crippen LogP contribution in [0.2, 0.25) is 0 Å². The molecule has 1 N–H and O–H groups in total. The summed E-state index contributed by atoms with van der Waals surface area (Å²) in [6, 6.07) is 8.64. The Kier molecular flexibility index (Phi) is 3.68. The van der Waals surface area contributed by atoms with Crippen molar-refractivity contribution in [2.24, 2.45) is 0 Å². The van der Waals surface area contributed by atoms with Crippen LogP contribution in [0.3, 0.4) is 0 Å². The van der Waals surface area contributed by atoms with Crippen molar-refractivity contribution in [1.29, 1.82) is 0 Å². The number of hydrogen-bond acceptors (Lipinski definition) is 3. The van der Waals surface area contributed by atoms with Crippen LogP contribution >= 0.6 is 0 Å². The SMILES string of the molecule is CCNCc1cncc(-c2ccc3c(c2)CC(C)(C)O3)c1. The van der Waals surface area contributed by atoms with Gasteiger partial charge in [0.1, 0.15) is 11.4 Å². The van der Waals surface area contributed by atoms with E-state index < -0.39 is 0 Å². The van der Waals surface area contributed by atoms with Gasteiger partial charge in [0.25, 0.3) is 0 Å². The molecule has 0 aliphatic carbocycles. The summed E-state index contributed by atoms with van der Waals surface area (Å²) in [5.41, 5.74) is 4.78. The normalized spacial score (nSPS) is 15.6. The molecule has 0 saturated heterocycles. The minimum atomic E-state index is -0.0912. The zero-order valence-corrected chi connectivity index (χ0v) is 12.9. The zero-order valence-electron chi connectivity index (χ0n) is 12.9. The van der Waals surface area contributed by atoms with E-state index in [0.29, 0.717) is 0 Å². The van der Waals surface area contributed by atoms with E-state index in [2.05, 4.69) is 55.3 Å². The lowest BCUT2D eigenvalue weighted by Gasteiger charge is -2.16. The highest BCUT2D eigenvalue weighted by atomic mass is 16.5. The van der Waals surface area contributed by atoms with E-state index in [4.69, 9.17) is 4.74 Å². The van der Waals surface area contributed by atoms with E-state index in [-0.39, 0.29) is 5.60 Å². The summed E-state index contributed by atoms with van der Waals surface area (Å²) in [6.45, 7) is 8.20. The first kappa shape index (κ1) is 14.1. The number of rotatable bonds is 4. The molecule has 0 radical (unpaired) electrons. The number of aromatic nitrogens is 1. The Bertz CT molecular complexity index is 649. The van der Waals surface area contributed by atoms with Gasteiger partial charge in [-0.05, 0) is 55.3 Å². The molecule has 2 heterocycles. The molecule has 3 nitrogen and oxygen atoms in total. The molecule has 3 rings (SSSR count). The Morgan fingerprint density at radius 2 is 2.05 bits per heavy atom. The zero-order chi connectivity index (χ0) is 14.9. The van der Waals surface area contributed by atoms with Crippen molar-refractivity contribution in [3.05, 3.63) is 47.8 Å². The second-order valence-electron chi connectivity index (χ2n) is 6.22. The summed E-state index contributed by atoms with van der Waals surface area (Å²) in [4.78, 5) is 4.36. The molecule has 1 aromatic heterocycles.